The Morgan fingerprint density at radius 3 is 2.32 bits per heavy atom. The summed E-state index contributed by atoms with van der Waals surface area (Å²) in [5.74, 6) is -1.92. The molecule has 146 valence electrons. The van der Waals surface area contributed by atoms with Crippen molar-refractivity contribution in [1.82, 2.24) is 0 Å². The lowest BCUT2D eigenvalue weighted by Crippen LogP contribution is -2.15. The van der Waals surface area contributed by atoms with Crippen molar-refractivity contribution < 1.29 is 33.1 Å². The predicted molar refractivity (Wildman–Crippen MR) is 93.7 cm³/mol. The number of methoxy groups -OCH3 is 3. The average molecular weight is 389 g/mol. The Labute approximate surface area is 158 Å². The van der Waals surface area contributed by atoms with Gasteiger partial charge in [0.15, 0.2) is 11.5 Å². The number of anilines is 1. The molecule has 0 unspecified atom stereocenters. The summed E-state index contributed by atoms with van der Waals surface area (Å²) in [6, 6.07) is 3.90. The molecule has 2 rings (SSSR count). The van der Waals surface area contributed by atoms with Gasteiger partial charge in [0, 0.05) is 6.07 Å². The number of benzene rings is 1. The highest BCUT2D eigenvalue weighted by Crippen LogP contribution is 2.35. The summed E-state index contributed by atoms with van der Waals surface area (Å²) in [6.45, 7) is 1.40. The summed E-state index contributed by atoms with van der Waals surface area (Å²) in [6.07, 6.45) is 0. The molecule has 1 aromatic carbocycles. The maximum absolute atomic E-state index is 12.6. The Morgan fingerprint density at radius 2 is 1.82 bits per heavy atom. The number of rotatable bonds is 6. The van der Waals surface area contributed by atoms with Gasteiger partial charge >= 0.3 is 5.97 Å². The van der Waals surface area contributed by atoms with Crippen molar-refractivity contribution in [3.63, 3.8) is 0 Å². The highest BCUT2D eigenvalue weighted by molar-refractivity contribution is 6.08. The third-order valence-corrected chi connectivity index (χ3v) is 3.76. The number of nitrogens with zero attached hydrogens (tertiary/aromatic N) is 2. The highest BCUT2D eigenvalue weighted by atomic mass is 16.6. The van der Waals surface area contributed by atoms with E-state index in [-0.39, 0.29) is 39.8 Å². The first-order valence-corrected chi connectivity index (χ1v) is 7.62. The number of hydrogen-bond donors (Lipinski definition) is 1. The van der Waals surface area contributed by atoms with E-state index in [0.717, 1.165) is 19.2 Å². The minimum atomic E-state index is -0.950. The van der Waals surface area contributed by atoms with Crippen LogP contribution < -0.4 is 14.8 Å². The van der Waals surface area contributed by atoms with Crippen LogP contribution in [0.1, 0.15) is 32.0 Å². The van der Waals surface area contributed by atoms with Crippen LogP contribution in [-0.2, 0) is 4.74 Å². The molecule has 11 nitrogen and oxygen atoms in total. The number of nitro benzene ring substituents is 1. The van der Waals surface area contributed by atoms with Crippen molar-refractivity contribution in [3.8, 4) is 17.6 Å². The molecule has 0 atom stereocenters. The zero-order valence-corrected chi connectivity index (χ0v) is 15.3. The summed E-state index contributed by atoms with van der Waals surface area (Å²) in [5.41, 5.74) is -1.33. The van der Waals surface area contributed by atoms with Crippen LogP contribution in [0, 0.1) is 28.4 Å². The first-order chi connectivity index (χ1) is 13.3. The van der Waals surface area contributed by atoms with E-state index in [1.54, 1.807) is 6.07 Å². The van der Waals surface area contributed by atoms with E-state index < -0.39 is 22.5 Å². The number of furan rings is 1. The molecule has 0 radical (unpaired) electrons. The summed E-state index contributed by atoms with van der Waals surface area (Å²) in [5, 5.41) is 22.9. The topological polar surface area (TPSA) is 154 Å². The molecule has 0 fully saturated rings. The fourth-order valence-electron chi connectivity index (χ4n) is 2.46. The Bertz CT molecular complexity index is 1000. The summed E-state index contributed by atoms with van der Waals surface area (Å²) in [4.78, 5) is 35.0. The van der Waals surface area contributed by atoms with Gasteiger partial charge in [-0.2, -0.15) is 5.26 Å². The molecule has 0 saturated heterocycles. The van der Waals surface area contributed by atoms with Crippen molar-refractivity contribution >= 4 is 23.4 Å². The zero-order valence-electron chi connectivity index (χ0n) is 15.3. The Morgan fingerprint density at radius 1 is 1.21 bits per heavy atom. The van der Waals surface area contributed by atoms with Gasteiger partial charge in [0.05, 0.1) is 32.3 Å². The second kappa shape index (κ2) is 8.09. The molecule has 2 aromatic rings. The van der Waals surface area contributed by atoms with Gasteiger partial charge in [0.1, 0.15) is 28.5 Å². The SMILES string of the molecule is COC(=O)c1c(C)oc(NC(=O)c2cc(OC)c(OC)cc2[N+](=O)[O-])c1C#N. The molecule has 0 aliphatic carbocycles. The Hall–Kier alpha value is -4.07. The number of amides is 1. The van der Waals surface area contributed by atoms with Crippen molar-refractivity contribution in [2.75, 3.05) is 26.6 Å². The minimum Gasteiger partial charge on any atom is -0.493 e. The number of ether oxygens (including phenoxy) is 3. The number of aryl methyl sites for hydroxylation is 1. The number of nitriles is 1. The van der Waals surface area contributed by atoms with E-state index in [0.29, 0.717) is 0 Å². The lowest BCUT2D eigenvalue weighted by Gasteiger charge is -2.10. The lowest BCUT2D eigenvalue weighted by atomic mass is 10.1. The van der Waals surface area contributed by atoms with Crippen LogP contribution in [0.3, 0.4) is 0 Å². The largest absolute Gasteiger partial charge is 0.493 e. The molecular formula is C17H15N3O8. The Kier molecular flexibility index (Phi) is 5.85. The van der Waals surface area contributed by atoms with E-state index in [4.69, 9.17) is 13.9 Å². The molecule has 1 heterocycles. The average Bonchev–Trinajstić information content (AvgIpc) is 3.00. The molecule has 0 aliphatic rings. The van der Waals surface area contributed by atoms with Gasteiger partial charge in [-0.1, -0.05) is 0 Å². The third kappa shape index (κ3) is 3.56. The van der Waals surface area contributed by atoms with Crippen molar-refractivity contribution in [1.29, 1.82) is 5.26 Å². The quantitative estimate of drug-likeness (QED) is 0.445. The molecule has 0 saturated carbocycles. The van der Waals surface area contributed by atoms with Gasteiger partial charge in [-0.3, -0.25) is 20.2 Å². The number of hydrogen-bond acceptors (Lipinski definition) is 9. The smallest absolute Gasteiger partial charge is 0.342 e. The van der Waals surface area contributed by atoms with Crippen LogP contribution >= 0.6 is 0 Å². The van der Waals surface area contributed by atoms with Crippen LogP contribution in [0.2, 0.25) is 0 Å². The standard InChI is InChI=1S/C17H15N3O8/c1-8-14(17(22)27-4)10(7-18)16(28-8)19-15(21)9-5-12(25-2)13(26-3)6-11(9)20(23)24/h5-6H,1-4H3,(H,19,21). The fourth-order valence-corrected chi connectivity index (χ4v) is 2.46. The van der Waals surface area contributed by atoms with Gasteiger partial charge in [-0.15, -0.1) is 0 Å². The highest BCUT2D eigenvalue weighted by Gasteiger charge is 2.29. The van der Waals surface area contributed by atoms with Crippen LogP contribution in [0.4, 0.5) is 11.6 Å². The predicted octanol–water partition coefficient (Wildman–Crippen LogP) is 2.42. The molecule has 1 aromatic heterocycles. The van der Waals surface area contributed by atoms with Crippen LogP contribution in [0.15, 0.2) is 16.5 Å². The third-order valence-electron chi connectivity index (χ3n) is 3.76. The molecule has 0 aliphatic heterocycles. The normalized spacial score (nSPS) is 9.96. The second-order valence-corrected chi connectivity index (χ2v) is 5.28. The summed E-state index contributed by atoms with van der Waals surface area (Å²) < 4.78 is 19.9. The summed E-state index contributed by atoms with van der Waals surface area (Å²) >= 11 is 0. The number of esters is 1. The maximum Gasteiger partial charge on any atom is 0.342 e. The molecule has 1 amide bonds. The van der Waals surface area contributed by atoms with Crippen LogP contribution in [-0.4, -0.2) is 38.1 Å². The van der Waals surface area contributed by atoms with Gasteiger partial charge in [-0.25, -0.2) is 4.79 Å². The lowest BCUT2D eigenvalue weighted by molar-refractivity contribution is -0.385. The van der Waals surface area contributed by atoms with E-state index in [2.05, 4.69) is 10.1 Å². The fraction of sp³-hybridized carbons (Fsp3) is 0.235. The molecule has 1 N–H and O–H groups in total. The maximum atomic E-state index is 12.6. The molecular weight excluding hydrogens is 374 g/mol. The van der Waals surface area contributed by atoms with Crippen LogP contribution in [0.5, 0.6) is 11.5 Å². The first-order valence-electron chi connectivity index (χ1n) is 7.62. The number of nitro groups is 1. The monoisotopic (exact) mass is 389 g/mol. The number of nitrogens with one attached hydrogen (secondary N) is 1. The van der Waals surface area contributed by atoms with E-state index >= 15 is 0 Å². The number of carbonyl (C=O) groups excluding carboxylic acids is 2. The van der Waals surface area contributed by atoms with Crippen molar-refractivity contribution in [2.24, 2.45) is 0 Å². The minimum absolute atomic E-state index is 0.0421. The van der Waals surface area contributed by atoms with Gasteiger partial charge in [-0.05, 0) is 6.92 Å². The van der Waals surface area contributed by atoms with E-state index in [1.165, 1.54) is 21.1 Å². The second-order valence-electron chi connectivity index (χ2n) is 5.28. The van der Waals surface area contributed by atoms with Gasteiger partial charge in [0.25, 0.3) is 11.6 Å². The van der Waals surface area contributed by atoms with Crippen molar-refractivity contribution in [2.45, 2.75) is 6.92 Å². The number of carbonyl (C=O) groups is 2. The van der Waals surface area contributed by atoms with Crippen LogP contribution in [0.25, 0.3) is 0 Å². The van der Waals surface area contributed by atoms with E-state index in [9.17, 15) is 25.0 Å². The van der Waals surface area contributed by atoms with Crippen molar-refractivity contribution in [3.05, 3.63) is 44.7 Å². The van der Waals surface area contributed by atoms with Gasteiger partial charge in [0.2, 0.25) is 5.88 Å². The van der Waals surface area contributed by atoms with Gasteiger partial charge < -0.3 is 18.6 Å². The first kappa shape index (κ1) is 20.2. The molecule has 0 spiro atoms. The molecule has 0 bridgehead atoms. The molecule has 11 heteroatoms. The Balaban J connectivity index is 2.53. The molecule has 28 heavy (non-hydrogen) atoms. The summed E-state index contributed by atoms with van der Waals surface area (Å²) in [7, 11) is 3.72. The zero-order chi connectivity index (χ0) is 21.0. The van der Waals surface area contributed by atoms with E-state index in [1.807, 2.05) is 0 Å².